The first-order valence-corrected chi connectivity index (χ1v) is 10.6. The summed E-state index contributed by atoms with van der Waals surface area (Å²) in [5.74, 6) is -0.443. The van der Waals surface area contributed by atoms with Crippen LogP contribution in [0.4, 0.5) is 0 Å². The van der Waals surface area contributed by atoms with Gasteiger partial charge in [-0.05, 0) is 31.4 Å². The van der Waals surface area contributed by atoms with Gasteiger partial charge in [-0.1, -0.05) is 55.4 Å². The van der Waals surface area contributed by atoms with Gasteiger partial charge < -0.3 is 5.73 Å². The normalized spacial score (nSPS) is 12.4. The van der Waals surface area contributed by atoms with Gasteiger partial charge in [-0.3, -0.25) is 14.2 Å². The van der Waals surface area contributed by atoms with Crippen LogP contribution in [0.1, 0.15) is 41.0 Å². The zero-order valence-corrected chi connectivity index (χ0v) is 17.3. The van der Waals surface area contributed by atoms with Gasteiger partial charge in [0.1, 0.15) is 10.1 Å². The van der Waals surface area contributed by atoms with E-state index in [1.54, 1.807) is 4.57 Å². The first kappa shape index (κ1) is 19.6. The van der Waals surface area contributed by atoms with E-state index in [1.807, 2.05) is 44.2 Å². The van der Waals surface area contributed by atoms with Gasteiger partial charge in [0.2, 0.25) is 5.91 Å². The number of carbonyl (C=O) groups is 1. The highest BCUT2D eigenvalue weighted by molar-refractivity contribution is 8.00. The van der Waals surface area contributed by atoms with Crippen molar-refractivity contribution < 1.29 is 4.79 Å². The van der Waals surface area contributed by atoms with Gasteiger partial charge in [0.15, 0.2) is 5.16 Å². The summed E-state index contributed by atoms with van der Waals surface area (Å²) in [4.78, 5) is 31.9. The van der Waals surface area contributed by atoms with Gasteiger partial charge in [-0.25, -0.2) is 4.98 Å². The van der Waals surface area contributed by atoms with Crippen LogP contribution in [0.5, 0.6) is 0 Å². The van der Waals surface area contributed by atoms with Gasteiger partial charge in [0, 0.05) is 11.4 Å². The molecule has 142 valence electrons. The summed E-state index contributed by atoms with van der Waals surface area (Å²) in [6.07, 6.45) is 1.84. The fourth-order valence-corrected chi connectivity index (χ4v) is 5.08. The summed E-state index contributed by atoms with van der Waals surface area (Å²) >= 11 is 2.77. The Hall–Kier alpha value is -2.12. The number of hydrogen-bond acceptors (Lipinski definition) is 5. The highest BCUT2D eigenvalue weighted by Crippen LogP contribution is 2.36. The van der Waals surface area contributed by atoms with E-state index in [9.17, 15) is 9.59 Å². The number of aryl methyl sites for hydroxylation is 2. The van der Waals surface area contributed by atoms with E-state index >= 15 is 0 Å². The molecule has 0 bridgehead atoms. The molecule has 3 rings (SSSR count). The molecule has 1 aromatic carbocycles. The molecular formula is C20H23N3O2S2. The smallest absolute Gasteiger partial charge is 0.263 e. The fraction of sp³-hybridized carbons (Fsp3) is 0.350. The maximum atomic E-state index is 13.2. The van der Waals surface area contributed by atoms with Crippen LogP contribution in [0.15, 0.2) is 40.3 Å². The summed E-state index contributed by atoms with van der Waals surface area (Å²) in [7, 11) is 0. The first-order chi connectivity index (χ1) is 12.9. The second kappa shape index (κ2) is 8.27. The van der Waals surface area contributed by atoms with Crippen molar-refractivity contribution in [1.29, 1.82) is 0 Å². The SMILES string of the molecule is CCCCn1c(SC(C(N)=O)c2ccccc2)nc2sc(C)c(C)c2c1=O. The molecular weight excluding hydrogens is 378 g/mol. The number of amides is 1. The molecule has 5 nitrogen and oxygen atoms in total. The molecule has 0 saturated carbocycles. The molecule has 0 saturated heterocycles. The van der Waals surface area contributed by atoms with Crippen LogP contribution in [0.25, 0.3) is 10.2 Å². The lowest BCUT2D eigenvalue weighted by atomic mass is 10.1. The van der Waals surface area contributed by atoms with Crippen LogP contribution in [0.3, 0.4) is 0 Å². The highest BCUT2D eigenvalue weighted by Gasteiger charge is 2.24. The predicted molar refractivity (Wildman–Crippen MR) is 112 cm³/mol. The van der Waals surface area contributed by atoms with E-state index < -0.39 is 11.2 Å². The Labute approximate surface area is 166 Å². The minimum absolute atomic E-state index is 0.0333. The maximum absolute atomic E-state index is 13.2. The van der Waals surface area contributed by atoms with Crippen molar-refractivity contribution in [3.8, 4) is 0 Å². The molecule has 1 unspecified atom stereocenters. The van der Waals surface area contributed by atoms with Crippen molar-refractivity contribution in [2.24, 2.45) is 5.73 Å². The molecule has 0 aliphatic heterocycles. The van der Waals surface area contributed by atoms with Crippen LogP contribution in [0, 0.1) is 13.8 Å². The number of hydrogen-bond donors (Lipinski definition) is 1. The van der Waals surface area contributed by atoms with Crippen LogP contribution in [0.2, 0.25) is 0 Å². The number of unbranched alkanes of at least 4 members (excludes halogenated alkanes) is 1. The van der Waals surface area contributed by atoms with Gasteiger partial charge >= 0.3 is 0 Å². The summed E-state index contributed by atoms with van der Waals surface area (Å²) in [6, 6.07) is 9.38. The molecule has 0 fully saturated rings. The number of primary amides is 1. The molecule has 0 aliphatic rings. The summed E-state index contributed by atoms with van der Waals surface area (Å²) in [5, 5.41) is 0.647. The molecule has 1 atom stereocenters. The van der Waals surface area contributed by atoms with Crippen molar-refractivity contribution in [2.45, 2.75) is 50.6 Å². The number of fused-ring (bicyclic) bond motifs is 1. The zero-order valence-electron chi connectivity index (χ0n) is 15.7. The Morgan fingerprint density at radius 1 is 1.30 bits per heavy atom. The molecule has 0 radical (unpaired) electrons. The minimum Gasteiger partial charge on any atom is -0.368 e. The molecule has 0 spiro atoms. The first-order valence-electron chi connectivity index (χ1n) is 8.95. The van der Waals surface area contributed by atoms with E-state index in [0.29, 0.717) is 17.1 Å². The largest absolute Gasteiger partial charge is 0.368 e. The zero-order chi connectivity index (χ0) is 19.6. The molecule has 1 amide bonds. The average Bonchev–Trinajstić information content (AvgIpc) is 2.93. The van der Waals surface area contributed by atoms with Crippen molar-refractivity contribution >= 4 is 39.2 Å². The Morgan fingerprint density at radius 2 is 2.00 bits per heavy atom. The van der Waals surface area contributed by atoms with Crippen LogP contribution in [-0.2, 0) is 11.3 Å². The summed E-state index contributed by atoms with van der Waals surface area (Å²) in [6.45, 7) is 6.63. The van der Waals surface area contributed by atoms with Crippen molar-refractivity contribution in [2.75, 3.05) is 0 Å². The Kier molecular flexibility index (Phi) is 6.01. The van der Waals surface area contributed by atoms with Gasteiger partial charge in [0.25, 0.3) is 5.56 Å². The van der Waals surface area contributed by atoms with Crippen molar-refractivity contribution in [3.63, 3.8) is 0 Å². The number of aromatic nitrogens is 2. The number of carbonyl (C=O) groups excluding carboxylic acids is 1. The Balaban J connectivity index is 2.14. The van der Waals surface area contributed by atoms with E-state index in [-0.39, 0.29) is 5.56 Å². The van der Waals surface area contributed by atoms with Crippen molar-refractivity contribution in [1.82, 2.24) is 9.55 Å². The van der Waals surface area contributed by atoms with Crippen LogP contribution in [-0.4, -0.2) is 15.5 Å². The molecule has 0 aliphatic carbocycles. The van der Waals surface area contributed by atoms with E-state index in [4.69, 9.17) is 10.7 Å². The number of nitrogens with two attached hydrogens (primary N) is 1. The summed E-state index contributed by atoms with van der Waals surface area (Å²) in [5.41, 5.74) is 7.44. The number of nitrogens with zero attached hydrogens (tertiary/aromatic N) is 2. The lowest BCUT2D eigenvalue weighted by Crippen LogP contribution is -2.25. The quantitative estimate of drug-likeness (QED) is 0.475. The number of thiophene rings is 1. The topological polar surface area (TPSA) is 78.0 Å². The fourth-order valence-electron chi connectivity index (χ4n) is 2.94. The number of benzene rings is 1. The Bertz CT molecular complexity index is 1030. The molecule has 2 N–H and O–H groups in total. The number of rotatable bonds is 7. The molecule has 27 heavy (non-hydrogen) atoms. The average molecular weight is 402 g/mol. The maximum Gasteiger partial charge on any atom is 0.263 e. The van der Waals surface area contributed by atoms with Crippen LogP contribution < -0.4 is 11.3 Å². The standard InChI is InChI=1S/C20H23N3O2S2/c1-4-5-11-23-19(25)15-12(2)13(3)26-18(15)22-20(23)27-16(17(21)24)14-9-7-6-8-10-14/h6-10,16H,4-5,11H2,1-3H3,(H2,21,24). The lowest BCUT2D eigenvalue weighted by molar-refractivity contribution is -0.117. The third kappa shape index (κ3) is 3.94. The second-order valence-electron chi connectivity index (χ2n) is 6.48. The molecule has 7 heteroatoms. The predicted octanol–water partition coefficient (Wildman–Crippen LogP) is 4.19. The Morgan fingerprint density at radius 3 is 2.63 bits per heavy atom. The third-order valence-corrected chi connectivity index (χ3v) is 6.94. The monoisotopic (exact) mass is 401 g/mol. The second-order valence-corrected chi connectivity index (χ2v) is 8.75. The molecule has 3 aromatic rings. The van der Waals surface area contributed by atoms with E-state index in [1.165, 1.54) is 23.1 Å². The lowest BCUT2D eigenvalue weighted by Gasteiger charge is -2.17. The highest BCUT2D eigenvalue weighted by atomic mass is 32.2. The summed E-state index contributed by atoms with van der Waals surface area (Å²) < 4.78 is 1.70. The third-order valence-electron chi connectivity index (χ3n) is 4.57. The van der Waals surface area contributed by atoms with E-state index in [0.717, 1.165) is 33.7 Å². The van der Waals surface area contributed by atoms with Gasteiger partial charge in [-0.2, -0.15) is 0 Å². The number of thioether (sulfide) groups is 1. The van der Waals surface area contributed by atoms with Crippen molar-refractivity contribution in [3.05, 3.63) is 56.7 Å². The minimum atomic E-state index is -0.592. The molecule has 2 heterocycles. The van der Waals surface area contributed by atoms with Gasteiger partial charge in [0.05, 0.1) is 5.39 Å². The van der Waals surface area contributed by atoms with E-state index in [2.05, 4.69) is 6.92 Å². The van der Waals surface area contributed by atoms with Gasteiger partial charge in [-0.15, -0.1) is 11.3 Å². The van der Waals surface area contributed by atoms with Crippen LogP contribution >= 0.6 is 23.1 Å². The molecule has 2 aromatic heterocycles.